The van der Waals surface area contributed by atoms with Crippen LogP contribution in [0.4, 0.5) is 27.8 Å². The predicted molar refractivity (Wildman–Crippen MR) is 97.1 cm³/mol. The SMILES string of the molecule is CCC(=O)Nc1cc(C(=O)NC(C)c2cccc(OC(F)(F)C(F)(F)F)c2)ccn1. The van der Waals surface area contributed by atoms with E-state index in [0.29, 0.717) is 0 Å². The van der Waals surface area contributed by atoms with Gasteiger partial charge in [0.2, 0.25) is 5.91 Å². The smallest absolute Gasteiger partial charge is 0.426 e. The average molecular weight is 431 g/mol. The fourth-order valence-electron chi connectivity index (χ4n) is 2.29. The second-order valence-electron chi connectivity index (χ2n) is 6.22. The van der Waals surface area contributed by atoms with Crippen molar-refractivity contribution in [2.24, 2.45) is 0 Å². The van der Waals surface area contributed by atoms with E-state index in [1.54, 1.807) is 6.92 Å². The van der Waals surface area contributed by atoms with Crippen molar-refractivity contribution in [2.75, 3.05) is 5.32 Å². The summed E-state index contributed by atoms with van der Waals surface area (Å²) in [4.78, 5) is 27.8. The molecule has 2 aromatic rings. The molecule has 0 aliphatic heterocycles. The molecule has 11 heteroatoms. The van der Waals surface area contributed by atoms with E-state index in [9.17, 15) is 31.5 Å². The van der Waals surface area contributed by atoms with Crippen molar-refractivity contribution in [3.8, 4) is 5.75 Å². The van der Waals surface area contributed by atoms with Crippen molar-refractivity contribution >= 4 is 17.6 Å². The zero-order valence-electron chi connectivity index (χ0n) is 15.9. The van der Waals surface area contributed by atoms with Gasteiger partial charge in [-0.3, -0.25) is 9.59 Å². The molecule has 0 fully saturated rings. The third-order valence-electron chi connectivity index (χ3n) is 3.89. The molecule has 2 rings (SSSR count). The van der Waals surface area contributed by atoms with Crippen LogP contribution in [-0.2, 0) is 4.79 Å². The lowest BCUT2D eigenvalue weighted by Gasteiger charge is -2.21. The van der Waals surface area contributed by atoms with Crippen LogP contribution in [0, 0.1) is 0 Å². The van der Waals surface area contributed by atoms with E-state index in [0.717, 1.165) is 12.1 Å². The monoisotopic (exact) mass is 431 g/mol. The van der Waals surface area contributed by atoms with Crippen LogP contribution in [0.15, 0.2) is 42.6 Å². The number of aromatic nitrogens is 1. The van der Waals surface area contributed by atoms with Crippen LogP contribution in [-0.4, -0.2) is 29.1 Å². The van der Waals surface area contributed by atoms with Crippen LogP contribution in [0.5, 0.6) is 5.75 Å². The molecule has 0 spiro atoms. The second-order valence-corrected chi connectivity index (χ2v) is 6.22. The van der Waals surface area contributed by atoms with E-state index >= 15 is 0 Å². The Balaban J connectivity index is 2.11. The molecule has 0 bridgehead atoms. The fourth-order valence-corrected chi connectivity index (χ4v) is 2.29. The molecule has 0 aliphatic rings. The number of hydrogen-bond donors (Lipinski definition) is 2. The number of pyridine rings is 1. The van der Waals surface area contributed by atoms with Crippen molar-refractivity contribution in [1.82, 2.24) is 10.3 Å². The maximum atomic E-state index is 13.1. The van der Waals surface area contributed by atoms with Crippen molar-refractivity contribution < 1.29 is 36.3 Å². The molecule has 30 heavy (non-hydrogen) atoms. The minimum atomic E-state index is -5.87. The van der Waals surface area contributed by atoms with Crippen molar-refractivity contribution in [3.05, 3.63) is 53.7 Å². The summed E-state index contributed by atoms with van der Waals surface area (Å²) < 4.78 is 66.9. The number of carbonyl (C=O) groups excluding carboxylic acids is 2. The highest BCUT2D eigenvalue weighted by Gasteiger charge is 2.61. The van der Waals surface area contributed by atoms with Gasteiger partial charge in [0.05, 0.1) is 6.04 Å². The quantitative estimate of drug-likeness (QED) is 0.635. The van der Waals surface area contributed by atoms with Gasteiger partial charge in [-0.2, -0.15) is 22.0 Å². The van der Waals surface area contributed by atoms with Gasteiger partial charge < -0.3 is 15.4 Å². The van der Waals surface area contributed by atoms with Crippen molar-refractivity contribution in [2.45, 2.75) is 38.6 Å². The highest BCUT2D eigenvalue weighted by molar-refractivity contribution is 5.96. The Bertz CT molecular complexity index is 918. The Morgan fingerprint density at radius 1 is 1.13 bits per heavy atom. The van der Waals surface area contributed by atoms with Crippen LogP contribution in [0.1, 0.15) is 42.2 Å². The first-order valence-corrected chi connectivity index (χ1v) is 8.73. The normalized spacial score (nSPS) is 12.8. The number of rotatable bonds is 7. The molecule has 6 nitrogen and oxygen atoms in total. The molecular formula is C19H18F5N3O3. The van der Waals surface area contributed by atoms with Gasteiger partial charge in [-0.15, -0.1) is 0 Å². The van der Waals surface area contributed by atoms with Gasteiger partial charge in [0, 0.05) is 18.2 Å². The van der Waals surface area contributed by atoms with Gasteiger partial charge in [-0.1, -0.05) is 19.1 Å². The van der Waals surface area contributed by atoms with Crippen LogP contribution >= 0.6 is 0 Å². The van der Waals surface area contributed by atoms with Crippen molar-refractivity contribution in [1.29, 1.82) is 0 Å². The third kappa shape index (κ3) is 5.88. The van der Waals surface area contributed by atoms with Gasteiger partial charge in [-0.25, -0.2) is 4.98 Å². The summed E-state index contributed by atoms with van der Waals surface area (Å²) >= 11 is 0. The van der Waals surface area contributed by atoms with Gasteiger partial charge in [0.15, 0.2) is 0 Å². The zero-order chi connectivity index (χ0) is 22.5. The summed E-state index contributed by atoms with van der Waals surface area (Å²) in [5.41, 5.74) is 0.409. The Morgan fingerprint density at radius 2 is 1.83 bits per heavy atom. The number of anilines is 1. The molecular weight excluding hydrogens is 413 g/mol. The first kappa shape index (κ1) is 23.0. The molecule has 1 aromatic heterocycles. The summed E-state index contributed by atoms with van der Waals surface area (Å²) in [5, 5.41) is 5.09. The molecule has 0 saturated heterocycles. The van der Waals surface area contributed by atoms with E-state index < -0.39 is 30.0 Å². The summed E-state index contributed by atoms with van der Waals surface area (Å²) in [6.45, 7) is 3.16. The summed E-state index contributed by atoms with van der Waals surface area (Å²) in [7, 11) is 0. The molecule has 1 heterocycles. The Labute approximate surface area is 168 Å². The second kappa shape index (κ2) is 9.06. The predicted octanol–water partition coefficient (Wildman–Crippen LogP) is 4.46. The zero-order valence-corrected chi connectivity index (χ0v) is 15.9. The number of alkyl halides is 5. The number of hydrogen-bond acceptors (Lipinski definition) is 4. The lowest BCUT2D eigenvalue weighted by atomic mass is 10.1. The van der Waals surface area contributed by atoms with E-state index in [4.69, 9.17) is 0 Å². The molecule has 0 aliphatic carbocycles. The Morgan fingerprint density at radius 3 is 2.47 bits per heavy atom. The molecule has 0 radical (unpaired) electrons. The fraction of sp³-hybridized carbons (Fsp3) is 0.316. The number of nitrogens with zero attached hydrogens (tertiary/aromatic N) is 1. The third-order valence-corrected chi connectivity index (χ3v) is 3.89. The largest absolute Gasteiger partial charge is 0.499 e. The maximum absolute atomic E-state index is 13.1. The molecule has 2 N–H and O–H groups in total. The lowest BCUT2D eigenvalue weighted by Crippen LogP contribution is -2.41. The number of benzene rings is 1. The number of halogens is 5. The molecule has 1 unspecified atom stereocenters. The van der Waals surface area contributed by atoms with Crippen LogP contribution in [0.3, 0.4) is 0 Å². The first-order chi connectivity index (χ1) is 13.9. The summed E-state index contributed by atoms with van der Waals surface area (Å²) in [6.07, 6.45) is -9.68. The number of carbonyl (C=O) groups is 2. The molecule has 2 amide bonds. The minimum Gasteiger partial charge on any atom is -0.426 e. The van der Waals surface area contributed by atoms with E-state index in [-0.39, 0.29) is 29.3 Å². The summed E-state index contributed by atoms with van der Waals surface area (Å²) in [6, 6.07) is 6.58. The van der Waals surface area contributed by atoms with Gasteiger partial charge in [0.25, 0.3) is 5.91 Å². The minimum absolute atomic E-state index is 0.166. The van der Waals surface area contributed by atoms with E-state index in [1.807, 2.05) is 0 Å². The maximum Gasteiger partial charge on any atom is 0.499 e. The highest BCUT2D eigenvalue weighted by Crippen LogP contribution is 2.37. The van der Waals surface area contributed by atoms with Crippen LogP contribution in [0.2, 0.25) is 0 Å². The number of amides is 2. The van der Waals surface area contributed by atoms with Gasteiger partial charge in [-0.05, 0) is 36.8 Å². The van der Waals surface area contributed by atoms with Gasteiger partial charge >= 0.3 is 12.3 Å². The first-order valence-electron chi connectivity index (χ1n) is 8.73. The van der Waals surface area contributed by atoms with Gasteiger partial charge in [0.1, 0.15) is 11.6 Å². The van der Waals surface area contributed by atoms with E-state index in [1.165, 1.54) is 37.4 Å². The number of ether oxygens (including phenoxy) is 1. The molecule has 1 atom stereocenters. The van der Waals surface area contributed by atoms with E-state index in [2.05, 4.69) is 20.4 Å². The summed E-state index contributed by atoms with van der Waals surface area (Å²) in [5.74, 6) is -1.39. The average Bonchev–Trinajstić information content (AvgIpc) is 2.67. The topological polar surface area (TPSA) is 80.3 Å². The van der Waals surface area contributed by atoms with Crippen LogP contribution in [0.25, 0.3) is 0 Å². The highest BCUT2D eigenvalue weighted by atomic mass is 19.4. The molecule has 0 saturated carbocycles. The molecule has 1 aromatic carbocycles. The molecule has 162 valence electrons. The van der Waals surface area contributed by atoms with Crippen LogP contribution < -0.4 is 15.4 Å². The standard InChI is InChI=1S/C19H18F5N3O3/c1-3-16(28)27-15-10-13(7-8-25-15)17(29)26-11(2)12-5-4-6-14(9-12)30-19(23,24)18(20,21)22/h4-11H,3H2,1-2H3,(H,26,29)(H,25,27,28). The lowest BCUT2D eigenvalue weighted by molar-refractivity contribution is -0.360. The van der Waals surface area contributed by atoms with Crippen molar-refractivity contribution in [3.63, 3.8) is 0 Å². The Hall–Kier alpha value is -3.24. The Kier molecular flexibility index (Phi) is 6.96. The number of nitrogens with one attached hydrogen (secondary N) is 2.